The van der Waals surface area contributed by atoms with Crippen molar-refractivity contribution < 1.29 is 9.59 Å². The molecule has 1 rings (SSSR count). The van der Waals surface area contributed by atoms with E-state index < -0.39 is 11.9 Å². The Labute approximate surface area is 141 Å². The summed E-state index contributed by atoms with van der Waals surface area (Å²) >= 11 is 0. The van der Waals surface area contributed by atoms with Gasteiger partial charge < -0.3 is 21.4 Å². The van der Waals surface area contributed by atoms with Crippen molar-refractivity contribution in [1.29, 1.82) is 10.7 Å². The maximum atomic E-state index is 12.4. The van der Waals surface area contributed by atoms with E-state index in [1.54, 1.807) is 25.2 Å². The molecule has 0 radical (unpaired) electrons. The Bertz CT molecular complexity index is 649. The summed E-state index contributed by atoms with van der Waals surface area (Å²) < 4.78 is 0. The third kappa shape index (κ3) is 5.39. The second-order valence-corrected chi connectivity index (χ2v) is 5.73. The molecule has 0 saturated heterocycles. The summed E-state index contributed by atoms with van der Waals surface area (Å²) in [5.41, 5.74) is 1.70. The Kier molecular flexibility index (Phi) is 7.43. The number of rotatable bonds is 8. The monoisotopic (exact) mass is 329 g/mol. The first-order chi connectivity index (χ1) is 11.4. The lowest BCUT2D eigenvalue weighted by molar-refractivity contribution is -0.123. The van der Waals surface area contributed by atoms with Crippen LogP contribution in [-0.2, 0) is 4.79 Å². The smallest absolute Gasteiger partial charge is 0.251 e. The number of nitrogens with zero attached hydrogens (tertiary/aromatic N) is 1. The molecule has 0 heterocycles. The van der Waals surface area contributed by atoms with Gasteiger partial charge in [0.15, 0.2) is 0 Å². The predicted octanol–water partition coefficient (Wildman–Crippen LogP) is 1.51. The van der Waals surface area contributed by atoms with Gasteiger partial charge in [-0.25, -0.2) is 0 Å². The number of nitrogens with one attached hydrogen (secondary N) is 4. The van der Waals surface area contributed by atoms with E-state index in [0.29, 0.717) is 17.5 Å². The first-order valence-electron chi connectivity index (χ1n) is 7.70. The van der Waals surface area contributed by atoms with Crippen molar-refractivity contribution in [2.45, 2.75) is 26.3 Å². The minimum Gasteiger partial charge on any atom is -0.388 e. The Morgan fingerprint density at radius 2 is 2.08 bits per heavy atom. The summed E-state index contributed by atoms with van der Waals surface area (Å²) in [5, 5.41) is 24.1. The highest BCUT2D eigenvalue weighted by Crippen LogP contribution is 2.15. The van der Waals surface area contributed by atoms with Gasteiger partial charge in [0.05, 0.1) is 6.07 Å². The van der Waals surface area contributed by atoms with E-state index in [4.69, 9.17) is 10.7 Å². The summed E-state index contributed by atoms with van der Waals surface area (Å²) in [6.45, 7) is 3.80. The number of amides is 2. The van der Waals surface area contributed by atoms with Crippen LogP contribution < -0.4 is 16.0 Å². The van der Waals surface area contributed by atoms with Gasteiger partial charge in [-0.3, -0.25) is 9.59 Å². The zero-order chi connectivity index (χ0) is 18.1. The number of hydrogen-bond acceptors (Lipinski definition) is 5. The molecule has 0 aliphatic carbocycles. The highest BCUT2D eigenvalue weighted by atomic mass is 16.2. The average Bonchev–Trinajstić information content (AvgIpc) is 2.57. The Balaban J connectivity index is 2.93. The molecule has 2 amide bonds. The van der Waals surface area contributed by atoms with Crippen LogP contribution in [0, 0.1) is 22.7 Å². The Morgan fingerprint density at radius 1 is 1.38 bits per heavy atom. The van der Waals surface area contributed by atoms with Crippen molar-refractivity contribution >= 4 is 23.7 Å². The molecule has 0 spiro atoms. The summed E-state index contributed by atoms with van der Waals surface area (Å²) in [6.07, 6.45) is 1.63. The summed E-state index contributed by atoms with van der Waals surface area (Å²) in [6, 6.07) is 6.07. The lowest BCUT2D eigenvalue weighted by Gasteiger charge is -2.20. The van der Waals surface area contributed by atoms with E-state index >= 15 is 0 Å². The SMILES string of the molecule is CNc1ccc(C(=O)NC(CC(C)C)C(=O)NCC#N)cc1C=N. The number of anilines is 1. The highest BCUT2D eigenvalue weighted by Gasteiger charge is 2.22. The van der Waals surface area contributed by atoms with E-state index in [-0.39, 0.29) is 18.4 Å². The van der Waals surface area contributed by atoms with Crippen LogP contribution in [-0.4, -0.2) is 37.7 Å². The molecule has 7 heteroatoms. The maximum Gasteiger partial charge on any atom is 0.251 e. The fourth-order valence-corrected chi connectivity index (χ4v) is 2.25. The van der Waals surface area contributed by atoms with Crippen LogP contribution in [0.15, 0.2) is 18.2 Å². The van der Waals surface area contributed by atoms with E-state index in [1.165, 1.54) is 0 Å². The molecule has 0 aliphatic heterocycles. The molecule has 7 nitrogen and oxygen atoms in total. The molecule has 0 bridgehead atoms. The molecule has 24 heavy (non-hydrogen) atoms. The van der Waals surface area contributed by atoms with Crippen molar-refractivity contribution in [3.63, 3.8) is 0 Å². The van der Waals surface area contributed by atoms with E-state index in [2.05, 4.69) is 16.0 Å². The standard InChI is InChI=1S/C17H23N5O2/c1-11(2)8-15(17(24)21-7-6-18)22-16(23)12-4-5-14(20-3)13(9-12)10-19/h4-5,9-11,15,19-20H,7-8H2,1-3H3,(H,21,24)(H,22,23). The summed E-state index contributed by atoms with van der Waals surface area (Å²) in [4.78, 5) is 24.5. The topological polar surface area (TPSA) is 118 Å². The van der Waals surface area contributed by atoms with E-state index in [0.717, 1.165) is 11.9 Å². The molecular formula is C17H23N5O2. The third-order valence-corrected chi connectivity index (χ3v) is 3.41. The molecule has 4 N–H and O–H groups in total. The van der Waals surface area contributed by atoms with Crippen LogP contribution in [0.25, 0.3) is 0 Å². The molecule has 0 fully saturated rings. The Hall–Kier alpha value is -2.88. The van der Waals surface area contributed by atoms with Crippen molar-refractivity contribution in [2.24, 2.45) is 5.92 Å². The minimum atomic E-state index is -0.710. The highest BCUT2D eigenvalue weighted by molar-refractivity contribution is 6.00. The minimum absolute atomic E-state index is 0.0991. The van der Waals surface area contributed by atoms with Crippen LogP contribution in [0.1, 0.15) is 36.2 Å². The molecule has 0 aliphatic rings. The van der Waals surface area contributed by atoms with Gasteiger partial charge in [0.25, 0.3) is 5.91 Å². The average molecular weight is 329 g/mol. The molecule has 128 valence electrons. The quantitative estimate of drug-likeness (QED) is 0.427. The van der Waals surface area contributed by atoms with Crippen LogP contribution in [0.4, 0.5) is 5.69 Å². The molecule has 0 saturated carbocycles. The number of nitriles is 1. The van der Waals surface area contributed by atoms with E-state index in [9.17, 15) is 9.59 Å². The molecule has 1 atom stereocenters. The summed E-state index contributed by atoms with van der Waals surface area (Å²) in [7, 11) is 1.74. The van der Waals surface area contributed by atoms with Crippen LogP contribution in [0.2, 0.25) is 0 Å². The molecular weight excluding hydrogens is 306 g/mol. The molecule has 1 aromatic carbocycles. The van der Waals surface area contributed by atoms with Gasteiger partial charge in [-0.05, 0) is 30.5 Å². The van der Waals surface area contributed by atoms with Gasteiger partial charge in [-0.2, -0.15) is 5.26 Å². The van der Waals surface area contributed by atoms with Crippen LogP contribution in [0.5, 0.6) is 0 Å². The fourth-order valence-electron chi connectivity index (χ4n) is 2.25. The molecule has 1 unspecified atom stereocenters. The maximum absolute atomic E-state index is 12.4. The zero-order valence-corrected chi connectivity index (χ0v) is 14.1. The number of benzene rings is 1. The normalized spacial score (nSPS) is 11.3. The van der Waals surface area contributed by atoms with Crippen LogP contribution in [0.3, 0.4) is 0 Å². The molecule has 1 aromatic rings. The van der Waals surface area contributed by atoms with Crippen LogP contribution >= 0.6 is 0 Å². The lowest BCUT2D eigenvalue weighted by atomic mass is 10.0. The lowest BCUT2D eigenvalue weighted by Crippen LogP contribution is -2.47. The zero-order valence-electron chi connectivity index (χ0n) is 14.1. The summed E-state index contributed by atoms with van der Waals surface area (Å²) in [5.74, 6) is -0.567. The van der Waals surface area contributed by atoms with Crippen molar-refractivity contribution in [1.82, 2.24) is 10.6 Å². The van der Waals surface area contributed by atoms with E-state index in [1.807, 2.05) is 19.9 Å². The fraction of sp³-hybridized carbons (Fsp3) is 0.412. The van der Waals surface area contributed by atoms with Gasteiger partial charge in [0.1, 0.15) is 12.6 Å². The van der Waals surface area contributed by atoms with Crippen molar-refractivity contribution in [3.8, 4) is 6.07 Å². The van der Waals surface area contributed by atoms with Gasteiger partial charge >= 0.3 is 0 Å². The predicted molar refractivity (Wildman–Crippen MR) is 93.2 cm³/mol. The number of carbonyl (C=O) groups is 2. The van der Waals surface area contributed by atoms with Gasteiger partial charge in [-0.15, -0.1) is 0 Å². The third-order valence-electron chi connectivity index (χ3n) is 3.41. The number of carbonyl (C=O) groups excluding carboxylic acids is 2. The number of hydrogen-bond donors (Lipinski definition) is 4. The van der Waals surface area contributed by atoms with Gasteiger partial charge in [0.2, 0.25) is 5.91 Å². The first-order valence-corrected chi connectivity index (χ1v) is 7.70. The van der Waals surface area contributed by atoms with Gasteiger partial charge in [0, 0.05) is 30.1 Å². The second-order valence-electron chi connectivity index (χ2n) is 5.73. The van der Waals surface area contributed by atoms with Crippen molar-refractivity contribution in [2.75, 3.05) is 18.9 Å². The first kappa shape index (κ1) is 19.2. The largest absolute Gasteiger partial charge is 0.388 e. The second kappa shape index (κ2) is 9.30. The van der Waals surface area contributed by atoms with Gasteiger partial charge in [-0.1, -0.05) is 13.8 Å². The Morgan fingerprint density at radius 3 is 2.62 bits per heavy atom. The van der Waals surface area contributed by atoms with Crippen molar-refractivity contribution in [3.05, 3.63) is 29.3 Å². The molecule has 0 aromatic heterocycles.